The van der Waals surface area contributed by atoms with E-state index in [4.69, 9.17) is 10.9 Å². The molecular formula is C14H25N3O2. The van der Waals surface area contributed by atoms with Crippen LogP contribution in [0.25, 0.3) is 0 Å². The average molecular weight is 267 g/mol. The Morgan fingerprint density at radius 3 is 2.42 bits per heavy atom. The van der Waals surface area contributed by atoms with Crippen LogP contribution in [0, 0.1) is 23.2 Å². The molecule has 1 heterocycles. The molecule has 2 atom stereocenters. The first-order valence-electron chi connectivity index (χ1n) is 7.18. The summed E-state index contributed by atoms with van der Waals surface area (Å²) in [5, 5.41) is 12.1. The molecule has 2 fully saturated rings. The monoisotopic (exact) mass is 267 g/mol. The first-order valence-corrected chi connectivity index (χ1v) is 7.18. The maximum atomic E-state index is 12.8. The van der Waals surface area contributed by atoms with Crippen LogP contribution in [0.3, 0.4) is 0 Å². The molecule has 1 saturated carbocycles. The molecule has 2 rings (SSSR count). The number of nitrogens with zero attached hydrogens (tertiary/aromatic N) is 2. The highest BCUT2D eigenvalue weighted by Gasteiger charge is 2.54. The van der Waals surface area contributed by atoms with Crippen molar-refractivity contribution in [3.63, 3.8) is 0 Å². The average Bonchev–Trinajstić information content (AvgIpc) is 2.36. The summed E-state index contributed by atoms with van der Waals surface area (Å²) in [7, 11) is 0. The van der Waals surface area contributed by atoms with E-state index in [-0.39, 0.29) is 11.7 Å². The Morgan fingerprint density at radius 1 is 1.32 bits per heavy atom. The minimum absolute atomic E-state index is 0.0552. The van der Waals surface area contributed by atoms with Gasteiger partial charge in [0.25, 0.3) is 0 Å². The second-order valence-corrected chi connectivity index (χ2v) is 6.58. The molecule has 5 nitrogen and oxygen atoms in total. The number of rotatable bonds is 2. The largest absolute Gasteiger partial charge is 0.409 e. The van der Waals surface area contributed by atoms with E-state index in [9.17, 15) is 4.79 Å². The second-order valence-electron chi connectivity index (χ2n) is 6.58. The van der Waals surface area contributed by atoms with Crippen LogP contribution in [-0.2, 0) is 4.79 Å². The third kappa shape index (κ3) is 2.30. The minimum atomic E-state index is -0.742. The Kier molecular flexibility index (Phi) is 3.74. The predicted octanol–water partition coefficient (Wildman–Crippen LogP) is 1.65. The summed E-state index contributed by atoms with van der Waals surface area (Å²) in [5.74, 6) is 1.77. The molecule has 2 unspecified atom stereocenters. The van der Waals surface area contributed by atoms with Gasteiger partial charge in [0, 0.05) is 13.1 Å². The Morgan fingerprint density at radius 2 is 1.95 bits per heavy atom. The zero-order valence-electron chi connectivity index (χ0n) is 12.1. The van der Waals surface area contributed by atoms with Gasteiger partial charge < -0.3 is 15.8 Å². The van der Waals surface area contributed by atoms with E-state index in [1.807, 2.05) is 4.90 Å². The molecule has 0 aromatic carbocycles. The molecule has 1 aliphatic carbocycles. The lowest BCUT2D eigenvalue weighted by molar-refractivity contribution is -0.146. The summed E-state index contributed by atoms with van der Waals surface area (Å²) < 4.78 is 0. The van der Waals surface area contributed by atoms with Crippen LogP contribution >= 0.6 is 0 Å². The number of carbonyl (C=O) groups excluding carboxylic acids is 1. The van der Waals surface area contributed by atoms with Gasteiger partial charge in [-0.25, -0.2) is 0 Å². The number of piperidine rings is 1. The molecule has 108 valence electrons. The highest BCUT2D eigenvalue weighted by molar-refractivity contribution is 6.07. The normalized spacial score (nSPS) is 39.8. The van der Waals surface area contributed by atoms with Crippen molar-refractivity contribution in [3.05, 3.63) is 0 Å². The predicted molar refractivity (Wildman–Crippen MR) is 73.8 cm³/mol. The number of likely N-dealkylation sites (tertiary alicyclic amines) is 1. The van der Waals surface area contributed by atoms with Crippen molar-refractivity contribution in [2.24, 2.45) is 34.1 Å². The molecule has 0 spiro atoms. The first kappa shape index (κ1) is 14.2. The lowest BCUT2D eigenvalue weighted by Crippen LogP contribution is -2.59. The summed E-state index contributed by atoms with van der Waals surface area (Å²) in [6.07, 6.45) is 2.43. The van der Waals surface area contributed by atoms with Crippen molar-refractivity contribution < 1.29 is 10.0 Å². The third-order valence-electron chi connectivity index (χ3n) is 5.02. The number of hydrogen-bond donors (Lipinski definition) is 2. The zero-order chi connectivity index (χ0) is 14.2. The van der Waals surface area contributed by atoms with Crippen molar-refractivity contribution in [1.82, 2.24) is 4.90 Å². The fourth-order valence-electron chi connectivity index (χ4n) is 3.47. The van der Waals surface area contributed by atoms with E-state index in [2.05, 4.69) is 25.9 Å². The SMILES string of the molecule is CC1CC(C(=O)N2CCC(C)C(C)C2)(C(N)=NO)C1. The maximum absolute atomic E-state index is 12.8. The molecule has 0 aromatic rings. The zero-order valence-corrected chi connectivity index (χ0v) is 12.1. The molecule has 1 saturated heterocycles. The van der Waals surface area contributed by atoms with Gasteiger partial charge in [0.15, 0.2) is 5.84 Å². The van der Waals surface area contributed by atoms with Gasteiger partial charge >= 0.3 is 0 Å². The molecule has 0 bridgehead atoms. The van der Waals surface area contributed by atoms with E-state index >= 15 is 0 Å². The van der Waals surface area contributed by atoms with Gasteiger partial charge in [0.05, 0.1) is 0 Å². The van der Waals surface area contributed by atoms with Gasteiger partial charge in [-0.05, 0) is 37.0 Å². The molecule has 5 heteroatoms. The summed E-state index contributed by atoms with van der Waals surface area (Å²) in [6, 6.07) is 0. The van der Waals surface area contributed by atoms with E-state index in [0.29, 0.717) is 30.6 Å². The molecule has 0 radical (unpaired) electrons. The van der Waals surface area contributed by atoms with E-state index in [1.54, 1.807) is 0 Å². The van der Waals surface area contributed by atoms with Gasteiger partial charge in [-0.15, -0.1) is 0 Å². The lowest BCUT2D eigenvalue weighted by atomic mass is 9.61. The van der Waals surface area contributed by atoms with Crippen molar-refractivity contribution in [3.8, 4) is 0 Å². The Bertz CT molecular complexity index is 388. The van der Waals surface area contributed by atoms with Gasteiger partial charge in [-0.3, -0.25) is 4.79 Å². The Labute approximate surface area is 114 Å². The van der Waals surface area contributed by atoms with Crippen LogP contribution in [0.2, 0.25) is 0 Å². The molecule has 1 amide bonds. The van der Waals surface area contributed by atoms with Gasteiger partial charge in [0.1, 0.15) is 5.41 Å². The molecule has 2 aliphatic rings. The van der Waals surface area contributed by atoms with E-state index < -0.39 is 5.41 Å². The smallest absolute Gasteiger partial charge is 0.236 e. The fraction of sp³-hybridized carbons (Fsp3) is 0.857. The molecule has 0 aromatic heterocycles. The molecule has 3 N–H and O–H groups in total. The van der Waals surface area contributed by atoms with Gasteiger partial charge in [-0.2, -0.15) is 0 Å². The van der Waals surface area contributed by atoms with Gasteiger partial charge in [0.2, 0.25) is 5.91 Å². The van der Waals surface area contributed by atoms with Crippen molar-refractivity contribution >= 4 is 11.7 Å². The van der Waals surface area contributed by atoms with Crippen molar-refractivity contribution in [2.75, 3.05) is 13.1 Å². The number of hydrogen-bond acceptors (Lipinski definition) is 3. The van der Waals surface area contributed by atoms with Crippen LogP contribution < -0.4 is 5.73 Å². The molecular weight excluding hydrogens is 242 g/mol. The Hall–Kier alpha value is -1.26. The lowest BCUT2D eigenvalue weighted by Gasteiger charge is -2.48. The maximum Gasteiger partial charge on any atom is 0.236 e. The summed E-state index contributed by atoms with van der Waals surface area (Å²) in [6.45, 7) is 8.09. The van der Waals surface area contributed by atoms with E-state index in [1.165, 1.54) is 0 Å². The van der Waals surface area contributed by atoms with Crippen LogP contribution in [0.4, 0.5) is 0 Å². The summed E-state index contributed by atoms with van der Waals surface area (Å²) in [5.41, 5.74) is 5.06. The molecule has 1 aliphatic heterocycles. The van der Waals surface area contributed by atoms with Crippen LogP contribution in [-0.4, -0.2) is 34.9 Å². The first-order chi connectivity index (χ1) is 8.90. The van der Waals surface area contributed by atoms with Crippen molar-refractivity contribution in [2.45, 2.75) is 40.0 Å². The van der Waals surface area contributed by atoms with Gasteiger partial charge in [-0.1, -0.05) is 25.9 Å². The van der Waals surface area contributed by atoms with Crippen LogP contribution in [0.5, 0.6) is 0 Å². The van der Waals surface area contributed by atoms with Crippen LogP contribution in [0.1, 0.15) is 40.0 Å². The highest BCUT2D eigenvalue weighted by atomic mass is 16.4. The second kappa shape index (κ2) is 5.02. The Balaban J connectivity index is 2.13. The number of amidine groups is 1. The minimum Gasteiger partial charge on any atom is -0.409 e. The highest BCUT2D eigenvalue weighted by Crippen LogP contribution is 2.47. The number of carbonyl (C=O) groups is 1. The third-order valence-corrected chi connectivity index (χ3v) is 5.02. The fourth-order valence-corrected chi connectivity index (χ4v) is 3.47. The standard InChI is InChI=1S/C14H25N3O2/c1-9-6-14(7-9,12(15)16-19)13(18)17-5-4-10(2)11(3)8-17/h9-11,19H,4-8H2,1-3H3,(H2,15,16). The summed E-state index contributed by atoms with van der Waals surface area (Å²) >= 11 is 0. The molecule has 19 heavy (non-hydrogen) atoms. The quantitative estimate of drug-likeness (QED) is 0.345. The summed E-state index contributed by atoms with van der Waals surface area (Å²) in [4.78, 5) is 14.7. The van der Waals surface area contributed by atoms with Crippen molar-refractivity contribution in [1.29, 1.82) is 0 Å². The van der Waals surface area contributed by atoms with Crippen LogP contribution in [0.15, 0.2) is 5.16 Å². The number of nitrogens with two attached hydrogens (primary N) is 1. The number of oxime groups is 1. The topological polar surface area (TPSA) is 78.9 Å². The van der Waals surface area contributed by atoms with E-state index in [0.717, 1.165) is 19.5 Å². The number of amides is 1.